The highest BCUT2D eigenvalue weighted by Gasteiger charge is 2.25. The van der Waals surface area contributed by atoms with Gasteiger partial charge in [0.15, 0.2) is 0 Å². The molecule has 0 aromatic carbocycles. The van der Waals surface area contributed by atoms with Crippen molar-refractivity contribution in [2.24, 2.45) is 5.73 Å². The number of amides is 1. The van der Waals surface area contributed by atoms with Crippen molar-refractivity contribution in [1.29, 1.82) is 0 Å². The zero-order valence-electron chi connectivity index (χ0n) is 7.59. The topological polar surface area (TPSA) is 103 Å². The van der Waals surface area contributed by atoms with E-state index in [0.29, 0.717) is 11.3 Å². The van der Waals surface area contributed by atoms with Gasteiger partial charge in [-0.25, -0.2) is 8.42 Å². The summed E-state index contributed by atoms with van der Waals surface area (Å²) in [5.41, 5.74) is 4.92. The SMILES string of the molecule is CC(C)S(=O)(=O)c1nnc(C(N)=O)s1. The number of hydrogen-bond acceptors (Lipinski definition) is 6. The molecule has 0 radical (unpaired) electrons. The standard InChI is InChI=1S/C6H9N3O3S2/c1-3(2)14(11,12)6-9-8-5(13-6)4(7)10/h3H,1-2H3,(H2,7,10). The largest absolute Gasteiger partial charge is 0.363 e. The van der Waals surface area contributed by atoms with Crippen LogP contribution >= 0.6 is 11.3 Å². The van der Waals surface area contributed by atoms with Crippen LogP contribution in [0.1, 0.15) is 23.6 Å². The maximum Gasteiger partial charge on any atom is 0.279 e. The number of hydrogen-bond donors (Lipinski definition) is 1. The highest BCUT2D eigenvalue weighted by atomic mass is 32.2. The molecule has 1 heterocycles. The van der Waals surface area contributed by atoms with E-state index < -0.39 is 21.0 Å². The van der Waals surface area contributed by atoms with Crippen LogP contribution in [0.5, 0.6) is 0 Å². The van der Waals surface area contributed by atoms with Crippen LogP contribution in [0.2, 0.25) is 0 Å². The van der Waals surface area contributed by atoms with Gasteiger partial charge in [0.1, 0.15) is 0 Å². The normalized spacial score (nSPS) is 11.9. The molecule has 0 fully saturated rings. The van der Waals surface area contributed by atoms with E-state index in [1.807, 2.05) is 0 Å². The lowest BCUT2D eigenvalue weighted by molar-refractivity contribution is 0.0999. The fraction of sp³-hybridized carbons (Fsp3) is 0.500. The molecule has 78 valence electrons. The summed E-state index contributed by atoms with van der Waals surface area (Å²) in [6, 6.07) is 0. The maximum absolute atomic E-state index is 11.5. The molecule has 0 aliphatic rings. The average Bonchev–Trinajstić information content (AvgIpc) is 2.51. The lowest BCUT2D eigenvalue weighted by Gasteiger charge is -2.01. The van der Waals surface area contributed by atoms with E-state index in [4.69, 9.17) is 5.73 Å². The van der Waals surface area contributed by atoms with Crippen molar-refractivity contribution >= 4 is 27.1 Å². The fourth-order valence-electron chi connectivity index (χ4n) is 0.626. The molecule has 1 rings (SSSR count). The van der Waals surface area contributed by atoms with E-state index in [1.165, 1.54) is 13.8 Å². The van der Waals surface area contributed by atoms with Crippen molar-refractivity contribution in [3.05, 3.63) is 5.01 Å². The minimum atomic E-state index is -3.45. The van der Waals surface area contributed by atoms with Crippen molar-refractivity contribution in [2.45, 2.75) is 23.4 Å². The lowest BCUT2D eigenvalue weighted by atomic mass is 10.6. The first-order chi connectivity index (χ1) is 6.35. The van der Waals surface area contributed by atoms with Crippen LogP contribution in [0.15, 0.2) is 4.34 Å². The number of carbonyl (C=O) groups excluding carboxylic acids is 1. The van der Waals surface area contributed by atoms with E-state index in [2.05, 4.69) is 10.2 Å². The second-order valence-corrected chi connectivity index (χ2v) is 6.49. The van der Waals surface area contributed by atoms with Crippen molar-refractivity contribution in [2.75, 3.05) is 0 Å². The molecule has 1 aromatic heterocycles. The molecule has 0 saturated heterocycles. The smallest absolute Gasteiger partial charge is 0.279 e. The van der Waals surface area contributed by atoms with Gasteiger partial charge in [-0.15, -0.1) is 10.2 Å². The summed E-state index contributed by atoms with van der Waals surface area (Å²) >= 11 is 0.692. The van der Waals surface area contributed by atoms with E-state index in [0.717, 1.165) is 0 Å². The summed E-state index contributed by atoms with van der Waals surface area (Å²) < 4.78 is 22.9. The third-order valence-corrected chi connectivity index (χ3v) is 4.97. The summed E-state index contributed by atoms with van der Waals surface area (Å²) in [6.07, 6.45) is 0. The van der Waals surface area contributed by atoms with E-state index >= 15 is 0 Å². The number of rotatable bonds is 3. The number of sulfone groups is 1. The molecule has 1 aromatic rings. The molecular formula is C6H9N3O3S2. The van der Waals surface area contributed by atoms with Gasteiger partial charge in [0.25, 0.3) is 5.91 Å². The van der Waals surface area contributed by atoms with Gasteiger partial charge in [0, 0.05) is 0 Å². The molecular weight excluding hydrogens is 226 g/mol. The van der Waals surface area contributed by atoms with Gasteiger partial charge in [-0.2, -0.15) is 0 Å². The number of aromatic nitrogens is 2. The van der Waals surface area contributed by atoms with Gasteiger partial charge in [0.05, 0.1) is 5.25 Å². The Kier molecular flexibility index (Phi) is 2.86. The molecule has 1 amide bonds. The first-order valence-electron chi connectivity index (χ1n) is 3.73. The predicted molar refractivity (Wildman–Crippen MR) is 50.7 cm³/mol. The summed E-state index contributed by atoms with van der Waals surface area (Å²) in [4.78, 5) is 10.6. The Hall–Kier alpha value is -1.02. The Morgan fingerprint density at radius 3 is 2.36 bits per heavy atom. The number of nitrogens with zero attached hydrogens (tertiary/aromatic N) is 2. The van der Waals surface area contributed by atoms with Gasteiger partial charge in [-0.1, -0.05) is 11.3 Å². The Morgan fingerprint density at radius 1 is 1.43 bits per heavy atom. The molecule has 8 heteroatoms. The summed E-state index contributed by atoms with van der Waals surface area (Å²) in [5, 5.41) is 6.11. The highest BCUT2D eigenvalue weighted by molar-refractivity contribution is 7.93. The zero-order valence-corrected chi connectivity index (χ0v) is 9.22. The first-order valence-corrected chi connectivity index (χ1v) is 6.09. The monoisotopic (exact) mass is 235 g/mol. The van der Waals surface area contributed by atoms with Crippen LogP contribution in [0.4, 0.5) is 0 Å². The predicted octanol–water partition coefficient (Wildman–Crippen LogP) is -0.181. The van der Waals surface area contributed by atoms with Gasteiger partial charge < -0.3 is 5.73 Å². The van der Waals surface area contributed by atoms with Gasteiger partial charge in [-0.3, -0.25) is 4.79 Å². The Morgan fingerprint density at radius 2 is 2.00 bits per heavy atom. The van der Waals surface area contributed by atoms with E-state index in [1.54, 1.807) is 0 Å². The van der Waals surface area contributed by atoms with Gasteiger partial charge in [0.2, 0.25) is 19.2 Å². The molecule has 0 spiro atoms. The van der Waals surface area contributed by atoms with Crippen LogP contribution in [0.3, 0.4) is 0 Å². The summed E-state index contributed by atoms with van der Waals surface area (Å²) in [7, 11) is -3.45. The molecule has 14 heavy (non-hydrogen) atoms. The van der Waals surface area contributed by atoms with Crippen molar-refractivity contribution in [3.8, 4) is 0 Å². The number of carbonyl (C=O) groups is 1. The van der Waals surface area contributed by atoms with Gasteiger partial charge >= 0.3 is 0 Å². The first kappa shape index (κ1) is 11.1. The maximum atomic E-state index is 11.5. The molecule has 6 nitrogen and oxygen atoms in total. The van der Waals surface area contributed by atoms with Crippen LogP contribution in [-0.4, -0.2) is 29.8 Å². The Labute approximate surface area is 85.1 Å². The Balaban J connectivity index is 3.16. The fourth-order valence-corrected chi connectivity index (χ4v) is 2.89. The molecule has 0 aliphatic carbocycles. The van der Waals surface area contributed by atoms with Crippen LogP contribution in [0.25, 0.3) is 0 Å². The van der Waals surface area contributed by atoms with Crippen LogP contribution < -0.4 is 5.73 Å². The van der Waals surface area contributed by atoms with Crippen molar-refractivity contribution in [1.82, 2.24) is 10.2 Å². The second-order valence-electron chi connectivity index (χ2n) is 2.83. The number of primary amides is 1. The second kappa shape index (κ2) is 3.62. The third kappa shape index (κ3) is 1.90. The molecule has 0 aliphatic heterocycles. The average molecular weight is 235 g/mol. The summed E-state index contributed by atoms with van der Waals surface area (Å²) in [6.45, 7) is 3.06. The van der Waals surface area contributed by atoms with E-state index in [-0.39, 0.29) is 9.35 Å². The molecule has 0 unspecified atom stereocenters. The van der Waals surface area contributed by atoms with Crippen molar-refractivity contribution < 1.29 is 13.2 Å². The van der Waals surface area contributed by atoms with Gasteiger partial charge in [-0.05, 0) is 13.8 Å². The molecule has 2 N–H and O–H groups in total. The summed E-state index contributed by atoms with van der Waals surface area (Å²) in [5.74, 6) is -0.771. The van der Waals surface area contributed by atoms with Crippen LogP contribution in [-0.2, 0) is 9.84 Å². The lowest BCUT2D eigenvalue weighted by Crippen LogP contribution is -2.13. The number of nitrogens with two attached hydrogens (primary N) is 1. The highest BCUT2D eigenvalue weighted by Crippen LogP contribution is 2.19. The quantitative estimate of drug-likeness (QED) is 0.782. The Bertz CT molecular complexity index is 449. The molecule has 0 atom stereocenters. The van der Waals surface area contributed by atoms with E-state index in [9.17, 15) is 13.2 Å². The van der Waals surface area contributed by atoms with Crippen LogP contribution in [0, 0.1) is 0 Å². The molecule has 0 saturated carbocycles. The minimum absolute atomic E-state index is 0.0933. The molecule has 0 bridgehead atoms. The third-order valence-electron chi connectivity index (χ3n) is 1.48. The minimum Gasteiger partial charge on any atom is -0.363 e. The van der Waals surface area contributed by atoms with Crippen molar-refractivity contribution in [3.63, 3.8) is 0 Å². The zero-order chi connectivity index (χ0) is 10.9.